The molecule has 1 atom stereocenters. The first-order valence-corrected chi connectivity index (χ1v) is 5.94. The average molecular weight is 290 g/mol. The fourth-order valence-electron chi connectivity index (χ4n) is 1.58. The number of alkyl halides is 2. The van der Waals surface area contributed by atoms with E-state index in [2.05, 4.69) is 4.74 Å². The number of carbonyl (C=O) groups is 1. The SMILES string of the molecule is CCOC(=O)CC(O)c1ccc(OC)c(OC(F)F)c1. The van der Waals surface area contributed by atoms with Crippen LogP contribution in [0.1, 0.15) is 25.0 Å². The Balaban J connectivity index is 2.87. The highest BCUT2D eigenvalue weighted by molar-refractivity contribution is 5.70. The molecular weight excluding hydrogens is 274 g/mol. The summed E-state index contributed by atoms with van der Waals surface area (Å²) in [6.45, 7) is -1.17. The lowest BCUT2D eigenvalue weighted by atomic mass is 10.1. The molecule has 0 radical (unpaired) electrons. The first-order valence-electron chi connectivity index (χ1n) is 5.94. The van der Waals surface area contributed by atoms with Crippen molar-refractivity contribution in [3.8, 4) is 11.5 Å². The van der Waals surface area contributed by atoms with E-state index in [1.807, 2.05) is 0 Å². The molecule has 20 heavy (non-hydrogen) atoms. The Labute approximate surface area is 115 Å². The zero-order chi connectivity index (χ0) is 15.1. The van der Waals surface area contributed by atoms with E-state index < -0.39 is 18.7 Å². The summed E-state index contributed by atoms with van der Waals surface area (Å²) in [4.78, 5) is 11.3. The van der Waals surface area contributed by atoms with Crippen LogP contribution in [0.4, 0.5) is 8.78 Å². The maximum absolute atomic E-state index is 12.3. The van der Waals surface area contributed by atoms with E-state index in [1.54, 1.807) is 6.92 Å². The summed E-state index contributed by atoms with van der Waals surface area (Å²) < 4.78 is 38.4. The first-order chi connectivity index (χ1) is 9.47. The van der Waals surface area contributed by atoms with E-state index >= 15 is 0 Å². The van der Waals surface area contributed by atoms with Crippen molar-refractivity contribution in [3.63, 3.8) is 0 Å². The van der Waals surface area contributed by atoms with Gasteiger partial charge in [-0.2, -0.15) is 8.78 Å². The molecule has 0 aliphatic carbocycles. The Morgan fingerprint density at radius 1 is 1.35 bits per heavy atom. The number of halogens is 2. The summed E-state index contributed by atoms with van der Waals surface area (Å²) in [5.41, 5.74) is 0.259. The number of ether oxygens (including phenoxy) is 3. The summed E-state index contributed by atoms with van der Waals surface area (Å²) >= 11 is 0. The Morgan fingerprint density at radius 2 is 2.05 bits per heavy atom. The van der Waals surface area contributed by atoms with Crippen LogP contribution in [0.3, 0.4) is 0 Å². The molecule has 1 unspecified atom stereocenters. The molecule has 1 N–H and O–H groups in total. The van der Waals surface area contributed by atoms with Gasteiger partial charge in [-0.3, -0.25) is 4.79 Å². The minimum atomic E-state index is -3.01. The maximum Gasteiger partial charge on any atom is 0.387 e. The predicted molar refractivity (Wildman–Crippen MR) is 65.8 cm³/mol. The molecule has 5 nitrogen and oxygen atoms in total. The molecular formula is C13H16F2O5. The summed E-state index contributed by atoms with van der Waals surface area (Å²) in [5, 5.41) is 9.86. The summed E-state index contributed by atoms with van der Waals surface area (Å²) in [7, 11) is 1.31. The van der Waals surface area contributed by atoms with Crippen LogP contribution in [0.25, 0.3) is 0 Å². The molecule has 0 aliphatic rings. The lowest BCUT2D eigenvalue weighted by Gasteiger charge is -2.14. The van der Waals surface area contributed by atoms with Crippen LogP contribution in [0, 0.1) is 0 Å². The molecule has 0 amide bonds. The first kappa shape index (κ1) is 16.2. The van der Waals surface area contributed by atoms with Crippen molar-refractivity contribution in [1.29, 1.82) is 0 Å². The van der Waals surface area contributed by atoms with Crippen LogP contribution in [0.15, 0.2) is 18.2 Å². The van der Waals surface area contributed by atoms with Gasteiger partial charge in [0.25, 0.3) is 0 Å². The number of aliphatic hydroxyl groups excluding tert-OH is 1. The normalized spacial score (nSPS) is 12.1. The van der Waals surface area contributed by atoms with Crippen molar-refractivity contribution in [1.82, 2.24) is 0 Å². The second kappa shape index (κ2) is 7.64. The van der Waals surface area contributed by atoms with Crippen LogP contribution in [-0.2, 0) is 9.53 Å². The largest absolute Gasteiger partial charge is 0.493 e. The number of carbonyl (C=O) groups excluding carboxylic acids is 1. The van der Waals surface area contributed by atoms with Crippen LogP contribution < -0.4 is 9.47 Å². The van der Waals surface area contributed by atoms with Gasteiger partial charge in [-0.05, 0) is 24.6 Å². The highest BCUT2D eigenvalue weighted by Crippen LogP contribution is 2.32. The third-order valence-corrected chi connectivity index (χ3v) is 2.45. The third-order valence-electron chi connectivity index (χ3n) is 2.45. The Kier molecular flexibility index (Phi) is 6.17. The molecule has 0 heterocycles. The zero-order valence-corrected chi connectivity index (χ0v) is 11.1. The number of aliphatic hydroxyl groups is 1. The van der Waals surface area contributed by atoms with E-state index in [1.165, 1.54) is 25.3 Å². The molecule has 1 aromatic carbocycles. The van der Waals surface area contributed by atoms with Crippen molar-refractivity contribution >= 4 is 5.97 Å². The second-order valence-corrected chi connectivity index (χ2v) is 3.81. The molecule has 0 saturated heterocycles. The Hall–Kier alpha value is -1.89. The average Bonchev–Trinajstić information content (AvgIpc) is 2.38. The van der Waals surface area contributed by atoms with Crippen molar-refractivity contribution in [2.75, 3.05) is 13.7 Å². The molecule has 0 bridgehead atoms. The summed E-state index contributed by atoms with van der Waals surface area (Å²) in [6, 6.07) is 4.04. The van der Waals surface area contributed by atoms with Crippen molar-refractivity contribution in [3.05, 3.63) is 23.8 Å². The molecule has 1 rings (SSSR count). The molecule has 0 aliphatic heterocycles. The fraction of sp³-hybridized carbons (Fsp3) is 0.462. The van der Waals surface area contributed by atoms with E-state index in [0.29, 0.717) is 0 Å². The molecule has 0 spiro atoms. The number of hydrogen-bond donors (Lipinski definition) is 1. The van der Waals surface area contributed by atoms with Crippen molar-refractivity contribution in [2.45, 2.75) is 26.1 Å². The minimum absolute atomic E-state index is 0.109. The molecule has 0 saturated carbocycles. The van der Waals surface area contributed by atoms with E-state index in [-0.39, 0.29) is 30.1 Å². The third kappa shape index (κ3) is 4.65. The fourth-order valence-corrected chi connectivity index (χ4v) is 1.58. The monoisotopic (exact) mass is 290 g/mol. The molecule has 1 aromatic rings. The topological polar surface area (TPSA) is 65.0 Å². The number of benzene rings is 1. The Morgan fingerprint density at radius 3 is 2.60 bits per heavy atom. The highest BCUT2D eigenvalue weighted by Gasteiger charge is 2.17. The zero-order valence-electron chi connectivity index (χ0n) is 11.1. The molecule has 0 fully saturated rings. The minimum Gasteiger partial charge on any atom is -0.493 e. The Bertz CT molecular complexity index is 450. The van der Waals surface area contributed by atoms with E-state index in [9.17, 15) is 18.7 Å². The standard InChI is InChI=1S/C13H16F2O5/c1-3-19-12(17)7-9(16)8-4-5-10(18-2)11(6-8)20-13(14)15/h4-6,9,13,16H,3,7H2,1-2H3. The van der Waals surface area contributed by atoms with Gasteiger partial charge in [0.05, 0.1) is 26.2 Å². The van der Waals surface area contributed by atoms with Gasteiger partial charge >= 0.3 is 12.6 Å². The number of hydrogen-bond acceptors (Lipinski definition) is 5. The lowest BCUT2D eigenvalue weighted by molar-refractivity contribution is -0.145. The van der Waals surface area contributed by atoms with Crippen LogP contribution in [-0.4, -0.2) is 31.4 Å². The van der Waals surface area contributed by atoms with Gasteiger partial charge < -0.3 is 19.3 Å². The van der Waals surface area contributed by atoms with Crippen LogP contribution >= 0.6 is 0 Å². The van der Waals surface area contributed by atoms with E-state index in [0.717, 1.165) is 0 Å². The van der Waals surface area contributed by atoms with Gasteiger partial charge in [-0.1, -0.05) is 6.07 Å². The maximum atomic E-state index is 12.3. The molecule has 7 heteroatoms. The van der Waals surface area contributed by atoms with E-state index in [4.69, 9.17) is 9.47 Å². The molecule has 112 valence electrons. The van der Waals surface area contributed by atoms with Gasteiger partial charge in [-0.25, -0.2) is 0 Å². The van der Waals surface area contributed by atoms with Gasteiger partial charge in [0.15, 0.2) is 11.5 Å². The number of esters is 1. The lowest BCUT2D eigenvalue weighted by Crippen LogP contribution is -2.10. The van der Waals surface area contributed by atoms with Crippen molar-refractivity contribution in [2.24, 2.45) is 0 Å². The van der Waals surface area contributed by atoms with Gasteiger partial charge in [0.1, 0.15) is 0 Å². The van der Waals surface area contributed by atoms with Crippen LogP contribution in [0.2, 0.25) is 0 Å². The van der Waals surface area contributed by atoms with Gasteiger partial charge in [0.2, 0.25) is 0 Å². The van der Waals surface area contributed by atoms with Crippen molar-refractivity contribution < 1.29 is 32.9 Å². The number of rotatable bonds is 7. The quantitative estimate of drug-likeness (QED) is 0.780. The summed E-state index contributed by atoms with van der Waals surface area (Å²) in [6.07, 6.45) is -1.44. The summed E-state index contributed by atoms with van der Waals surface area (Å²) in [5.74, 6) is -0.674. The smallest absolute Gasteiger partial charge is 0.387 e. The molecule has 0 aromatic heterocycles. The predicted octanol–water partition coefficient (Wildman–Crippen LogP) is 2.28. The van der Waals surface area contributed by atoms with Crippen LogP contribution in [0.5, 0.6) is 11.5 Å². The van der Waals surface area contributed by atoms with Gasteiger partial charge in [0, 0.05) is 0 Å². The highest BCUT2D eigenvalue weighted by atomic mass is 19.3. The number of methoxy groups -OCH3 is 1. The second-order valence-electron chi connectivity index (χ2n) is 3.81. The van der Waals surface area contributed by atoms with Gasteiger partial charge in [-0.15, -0.1) is 0 Å².